The number of hydrogen-bond donors (Lipinski definition) is 0. The highest BCUT2D eigenvalue weighted by Crippen LogP contribution is 2.21. The van der Waals surface area contributed by atoms with Crippen molar-refractivity contribution in [2.24, 2.45) is 0 Å². The third kappa shape index (κ3) is 6.75. The first-order valence-corrected chi connectivity index (χ1v) is 11.3. The molecule has 0 aromatic heterocycles. The molecule has 2 heterocycles. The van der Waals surface area contributed by atoms with Crippen molar-refractivity contribution in [2.75, 3.05) is 57.3 Å². The summed E-state index contributed by atoms with van der Waals surface area (Å²) in [6, 6.07) is 19.5. The molecule has 0 atom stereocenters. The van der Waals surface area contributed by atoms with Crippen molar-refractivity contribution in [3.63, 3.8) is 0 Å². The van der Waals surface area contributed by atoms with Gasteiger partial charge in [0.25, 0.3) is 0 Å². The molecule has 0 unspecified atom stereocenters. The summed E-state index contributed by atoms with van der Waals surface area (Å²) in [5.41, 5.74) is 2.72. The zero-order valence-electron chi connectivity index (χ0n) is 17.6. The number of likely N-dealkylation sites (tertiary alicyclic amines) is 1. The normalized spacial score (nSPS) is 18.1. The number of rotatable bonds is 8. The lowest BCUT2D eigenvalue weighted by molar-refractivity contribution is 0.205. The van der Waals surface area contributed by atoms with Gasteiger partial charge >= 0.3 is 0 Å². The maximum atomic E-state index is 5.97. The van der Waals surface area contributed by atoms with Crippen LogP contribution in [0.5, 0.6) is 5.75 Å². The molecule has 30 heavy (non-hydrogen) atoms. The van der Waals surface area contributed by atoms with Gasteiger partial charge in [0.2, 0.25) is 0 Å². The van der Waals surface area contributed by atoms with Gasteiger partial charge in [-0.1, -0.05) is 44.2 Å². The highest BCUT2D eigenvalue weighted by atomic mass is 16.5. The van der Waals surface area contributed by atoms with E-state index in [0.717, 1.165) is 51.5 Å². The zero-order chi connectivity index (χ0) is 19.7. The first kappa shape index (κ1) is 22.6. The molecular formula is C26H39N3O. The van der Waals surface area contributed by atoms with Gasteiger partial charge in [-0.2, -0.15) is 0 Å². The van der Waals surface area contributed by atoms with Crippen molar-refractivity contribution in [3.8, 4) is 5.75 Å². The van der Waals surface area contributed by atoms with E-state index in [4.69, 9.17) is 4.74 Å². The first-order valence-electron chi connectivity index (χ1n) is 11.3. The van der Waals surface area contributed by atoms with Crippen molar-refractivity contribution >= 4 is 5.69 Å². The highest BCUT2D eigenvalue weighted by Gasteiger charge is 2.17. The number of piperidine rings is 1. The average molecular weight is 410 g/mol. The fourth-order valence-corrected chi connectivity index (χ4v) is 4.42. The van der Waals surface area contributed by atoms with Gasteiger partial charge in [0.15, 0.2) is 0 Å². The second-order valence-electron chi connectivity index (χ2n) is 8.35. The molecule has 4 rings (SSSR count). The van der Waals surface area contributed by atoms with Crippen LogP contribution < -0.4 is 9.64 Å². The van der Waals surface area contributed by atoms with Gasteiger partial charge in [0, 0.05) is 45.0 Å². The standard InChI is InChI=1S/C25H35N3O.CH4/c1-3-8-23(9-4-1)22-27-17-19-28(20-18-27)24-10-12-25(13-11-24)29-21-7-16-26-14-5-2-6-15-26;/h1,3-4,8-13H,2,5-7,14-22H2;1H4. The minimum atomic E-state index is 0. The smallest absolute Gasteiger partial charge is 0.119 e. The van der Waals surface area contributed by atoms with Gasteiger partial charge in [-0.25, -0.2) is 0 Å². The van der Waals surface area contributed by atoms with Crippen LogP contribution in [0, 0.1) is 0 Å². The first-order chi connectivity index (χ1) is 14.4. The Morgan fingerprint density at radius 1 is 0.700 bits per heavy atom. The number of nitrogens with zero attached hydrogens (tertiary/aromatic N) is 3. The number of hydrogen-bond acceptors (Lipinski definition) is 4. The molecule has 2 aliphatic rings. The molecular weight excluding hydrogens is 370 g/mol. The van der Waals surface area contributed by atoms with Crippen LogP contribution in [-0.4, -0.2) is 62.2 Å². The quantitative estimate of drug-likeness (QED) is 0.577. The van der Waals surface area contributed by atoms with E-state index in [0.29, 0.717) is 0 Å². The van der Waals surface area contributed by atoms with E-state index in [9.17, 15) is 0 Å². The molecule has 0 N–H and O–H groups in total. The van der Waals surface area contributed by atoms with Crippen LogP contribution in [0.3, 0.4) is 0 Å². The maximum Gasteiger partial charge on any atom is 0.119 e. The van der Waals surface area contributed by atoms with E-state index >= 15 is 0 Å². The molecule has 2 aliphatic heterocycles. The Morgan fingerprint density at radius 3 is 2.10 bits per heavy atom. The van der Waals surface area contributed by atoms with E-state index in [-0.39, 0.29) is 7.43 Å². The van der Waals surface area contributed by atoms with E-state index in [1.165, 1.54) is 50.1 Å². The lowest BCUT2D eigenvalue weighted by Crippen LogP contribution is -2.45. The summed E-state index contributed by atoms with van der Waals surface area (Å²) < 4.78 is 5.97. The number of anilines is 1. The van der Waals surface area contributed by atoms with Crippen molar-refractivity contribution in [1.29, 1.82) is 0 Å². The molecule has 2 aromatic rings. The van der Waals surface area contributed by atoms with Crippen LogP contribution >= 0.6 is 0 Å². The molecule has 0 amide bonds. The maximum absolute atomic E-state index is 5.97. The molecule has 0 radical (unpaired) electrons. The Balaban J connectivity index is 0.00000256. The lowest BCUT2D eigenvalue weighted by Gasteiger charge is -2.36. The second-order valence-corrected chi connectivity index (χ2v) is 8.35. The van der Waals surface area contributed by atoms with Crippen molar-refractivity contribution in [1.82, 2.24) is 9.80 Å². The summed E-state index contributed by atoms with van der Waals surface area (Å²) in [5, 5.41) is 0. The largest absolute Gasteiger partial charge is 0.494 e. The molecule has 2 aromatic carbocycles. The van der Waals surface area contributed by atoms with Crippen LogP contribution in [0.15, 0.2) is 54.6 Å². The zero-order valence-corrected chi connectivity index (χ0v) is 17.6. The van der Waals surface area contributed by atoms with Crippen molar-refractivity contribution < 1.29 is 4.74 Å². The van der Waals surface area contributed by atoms with Crippen LogP contribution in [0.2, 0.25) is 0 Å². The van der Waals surface area contributed by atoms with E-state index in [2.05, 4.69) is 69.3 Å². The SMILES string of the molecule is C.c1ccc(CN2CCN(c3ccc(OCCCN4CCCCC4)cc3)CC2)cc1. The third-order valence-electron chi connectivity index (χ3n) is 6.16. The van der Waals surface area contributed by atoms with Gasteiger partial charge in [0.1, 0.15) is 5.75 Å². The fraction of sp³-hybridized carbons (Fsp3) is 0.538. The third-order valence-corrected chi connectivity index (χ3v) is 6.16. The summed E-state index contributed by atoms with van der Waals surface area (Å²) in [5.74, 6) is 0.995. The van der Waals surface area contributed by atoms with E-state index in [1.54, 1.807) is 0 Å². The van der Waals surface area contributed by atoms with Crippen LogP contribution in [0.4, 0.5) is 5.69 Å². The Labute approximate surface area is 183 Å². The lowest BCUT2D eigenvalue weighted by atomic mass is 10.1. The van der Waals surface area contributed by atoms with Gasteiger partial charge in [-0.3, -0.25) is 4.90 Å². The molecule has 0 saturated carbocycles. The van der Waals surface area contributed by atoms with Gasteiger partial charge < -0.3 is 14.5 Å². The van der Waals surface area contributed by atoms with Crippen molar-refractivity contribution in [3.05, 3.63) is 60.2 Å². The monoisotopic (exact) mass is 409 g/mol. The predicted molar refractivity (Wildman–Crippen MR) is 128 cm³/mol. The molecule has 164 valence electrons. The second kappa shape index (κ2) is 12.0. The number of ether oxygens (including phenoxy) is 1. The highest BCUT2D eigenvalue weighted by molar-refractivity contribution is 5.49. The average Bonchev–Trinajstić information content (AvgIpc) is 2.79. The summed E-state index contributed by atoms with van der Waals surface area (Å²) >= 11 is 0. The van der Waals surface area contributed by atoms with Crippen LogP contribution in [0.25, 0.3) is 0 Å². The molecule has 0 spiro atoms. The van der Waals surface area contributed by atoms with Crippen LogP contribution in [0.1, 0.15) is 38.7 Å². The molecule has 0 bridgehead atoms. The minimum absolute atomic E-state index is 0. The summed E-state index contributed by atoms with van der Waals surface area (Å²) in [7, 11) is 0. The molecule has 4 nitrogen and oxygen atoms in total. The predicted octanol–water partition coefficient (Wildman–Crippen LogP) is 4.90. The molecule has 2 fully saturated rings. The van der Waals surface area contributed by atoms with Crippen LogP contribution in [-0.2, 0) is 6.54 Å². The Hall–Kier alpha value is -2.04. The Bertz CT molecular complexity index is 705. The minimum Gasteiger partial charge on any atom is -0.494 e. The van der Waals surface area contributed by atoms with Gasteiger partial charge in [0.05, 0.1) is 6.61 Å². The van der Waals surface area contributed by atoms with Gasteiger partial charge in [-0.05, 0) is 62.2 Å². The van der Waals surface area contributed by atoms with E-state index in [1.807, 2.05) is 0 Å². The summed E-state index contributed by atoms with van der Waals surface area (Å²) in [4.78, 5) is 7.61. The molecule has 0 aliphatic carbocycles. The summed E-state index contributed by atoms with van der Waals surface area (Å²) in [6.07, 6.45) is 5.25. The number of piperazine rings is 1. The Morgan fingerprint density at radius 2 is 1.40 bits per heavy atom. The molecule has 2 saturated heterocycles. The van der Waals surface area contributed by atoms with Gasteiger partial charge in [-0.15, -0.1) is 0 Å². The summed E-state index contributed by atoms with van der Waals surface area (Å²) in [6.45, 7) is 9.98. The topological polar surface area (TPSA) is 19.0 Å². The van der Waals surface area contributed by atoms with Crippen molar-refractivity contribution in [2.45, 2.75) is 39.7 Å². The Kier molecular flexibility index (Phi) is 9.03. The fourth-order valence-electron chi connectivity index (χ4n) is 4.42. The molecule has 4 heteroatoms. The van der Waals surface area contributed by atoms with E-state index < -0.39 is 0 Å². The number of benzene rings is 2.